The maximum Gasteiger partial charge on any atom is 0.122 e. The third-order valence-corrected chi connectivity index (χ3v) is 7.19. The molecule has 1 aromatic carbocycles. The molecule has 3 nitrogen and oxygen atoms in total. The molecule has 0 aliphatic rings. The molecule has 6 heteroatoms. The summed E-state index contributed by atoms with van der Waals surface area (Å²) < 4.78 is 3.15. The number of thioether (sulfide) groups is 2. The highest BCUT2D eigenvalue weighted by Crippen LogP contribution is 2.41. The molecule has 0 aliphatic carbocycles. The molecule has 0 aliphatic heterocycles. The first-order chi connectivity index (χ1) is 12.3. The van der Waals surface area contributed by atoms with Crippen LogP contribution in [0.5, 0.6) is 0 Å². The molecule has 2 aromatic heterocycles. The van der Waals surface area contributed by atoms with Crippen LogP contribution in [0, 0.1) is 11.3 Å². The van der Waals surface area contributed by atoms with Crippen molar-refractivity contribution in [3.63, 3.8) is 0 Å². The number of nitrogens with zero attached hydrogens (tertiary/aromatic N) is 3. The second-order valence-corrected chi connectivity index (χ2v) is 8.36. The normalized spacial score (nSPS) is 10.9. The maximum absolute atomic E-state index is 9.20. The van der Waals surface area contributed by atoms with Crippen LogP contribution in [-0.2, 0) is 12.2 Å². The van der Waals surface area contributed by atoms with Gasteiger partial charge in [0.25, 0.3) is 0 Å². The van der Waals surface area contributed by atoms with Gasteiger partial charge in [-0.1, -0.05) is 49.0 Å². The predicted molar refractivity (Wildman–Crippen MR) is 109 cm³/mol. The molecule has 0 unspecified atom stereocenters. The van der Waals surface area contributed by atoms with E-state index in [0.29, 0.717) is 6.42 Å². The van der Waals surface area contributed by atoms with Crippen molar-refractivity contribution in [2.45, 2.75) is 35.4 Å². The van der Waals surface area contributed by atoms with E-state index in [-0.39, 0.29) is 0 Å². The third kappa shape index (κ3) is 4.05. The molecule has 3 aromatic rings. The molecule has 0 bridgehead atoms. The summed E-state index contributed by atoms with van der Waals surface area (Å²) in [5.74, 6) is 1.92. The summed E-state index contributed by atoms with van der Waals surface area (Å²) in [4.78, 5) is 5.82. The molecule has 0 saturated heterocycles. The number of aromatic nitrogens is 2. The van der Waals surface area contributed by atoms with Gasteiger partial charge in [-0.3, -0.25) is 0 Å². The molecule has 0 amide bonds. The van der Waals surface area contributed by atoms with Gasteiger partial charge >= 0.3 is 0 Å². The van der Waals surface area contributed by atoms with Gasteiger partial charge in [-0.25, -0.2) is 4.98 Å². The molecule has 0 spiro atoms. The summed E-state index contributed by atoms with van der Waals surface area (Å²) >= 11 is 7.30. The minimum absolute atomic E-state index is 0.376. The van der Waals surface area contributed by atoms with Gasteiger partial charge in [-0.05, 0) is 33.7 Å². The molecule has 0 fully saturated rings. The highest BCUT2D eigenvalue weighted by Gasteiger charge is 2.20. The molecule has 0 saturated carbocycles. The minimum atomic E-state index is 0.376. The first-order valence-electron chi connectivity index (χ1n) is 8.10. The zero-order chi connectivity index (χ0) is 17.6. The third-order valence-electron chi connectivity index (χ3n) is 3.72. The highest BCUT2D eigenvalue weighted by atomic mass is 79.9. The summed E-state index contributed by atoms with van der Waals surface area (Å²) in [5, 5.41) is 10.2. The van der Waals surface area contributed by atoms with E-state index < -0.39 is 0 Å². The number of halogens is 1. The van der Waals surface area contributed by atoms with Crippen LogP contribution in [0.15, 0.2) is 57.1 Å². The maximum atomic E-state index is 9.20. The zero-order valence-corrected chi connectivity index (χ0v) is 17.1. The number of hydrogen-bond acceptors (Lipinski definition) is 4. The molecule has 2 heterocycles. The second kappa shape index (κ2) is 8.79. The van der Waals surface area contributed by atoms with E-state index in [1.54, 1.807) is 11.8 Å². The molecule has 3 rings (SSSR count). The Hall–Kier alpha value is -1.42. The van der Waals surface area contributed by atoms with Crippen molar-refractivity contribution >= 4 is 45.0 Å². The molecular formula is C19H18BrN3S2. The van der Waals surface area contributed by atoms with Gasteiger partial charge in [0.2, 0.25) is 0 Å². The Kier molecular flexibility index (Phi) is 6.46. The van der Waals surface area contributed by atoms with Crippen LogP contribution in [0.1, 0.15) is 24.6 Å². The smallest absolute Gasteiger partial charge is 0.122 e. The number of hydrogen-bond donors (Lipinski definition) is 0. The summed E-state index contributed by atoms with van der Waals surface area (Å²) in [6.45, 7) is 2.18. The van der Waals surface area contributed by atoms with Crippen molar-refractivity contribution in [3.8, 4) is 6.07 Å². The van der Waals surface area contributed by atoms with Crippen LogP contribution >= 0.6 is 39.5 Å². The summed E-state index contributed by atoms with van der Waals surface area (Å²) in [6, 6.07) is 12.7. The Balaban J connectivity index is 2.03. The monoisotopic (exact) mass is 431 g/mol. The highest BCUT2D eigenvalue weighted by molar-refractivity contribution is 9.10. The molecule has 25 heavy (non-hydrogen) atoms. The first-order valence-corrected chi connectivity index (χ1v) is 10.9. The average molecular weight is 432 g/mol. The molecule has 0 radical (unpaired) electrons. The number of benzene rings is 1. The van der Waals surface area contributed by atoms with Crippen LogP contribution in [0.2, 0.25) is 0 Å². The number of fused-ring (bicyclic) bond motifs is 1. The Morgan fingerprint density at radius 2 is 2.04 bits per heavy atom. The van der Waals surface area contributed by atoms with E-state index in [0.717, 1.165) is 38.6 Å². The van der Waals surface area contributed by atoms with E-state index in [1.807, 2.05) is 30.2 Å². The van der Waals surface area contributed by atoms with Crippen molar-refractivity contribution in [2.75, 3.05) is 5.75 Å². The summed E-state index contributed by atoms with van der Waals surface area (Å²) in [6.07, 6.45) is 5.26. The van der Waals surface area contributed by atoms with Crippen LogP contribution in [-0.4, -0.2) is 15.1 Å². The second-order valence-electron chi connectivity index (χ2n) is 5.50. The van der Waals surface area contributed by atoms with Crippen molar-refractivity contribution in [1.82, 2.24) is 9.38 Å². The van der Waals surface area contributed by atoms with Gasteiger partial charge in [0.05, 0.1) is 33.1 Å². The molecule has 128 valence electrons. The Morgan fingerprint density at radius 3 is 2.76 bits per heavy atom. The lowest BCUT2D eigenvalue weighted by atomic mass is 10.2. The SMILES string of the molecule is CCCSc1c(Br)c(CC#N)n2ccnc(SCc3ccccc3)c12. The van der Waals surface area contributed by atoms with Crippen LogP contribution in [0.3, 0.4) is 0 Å². The van der Waals surface area contributed by atoms with Crippen LogP contribution in [0.4, 0.5) is 0 Å². The lowest BCUT2D eigenvalue weighted by Crippen LogP contribution is -1.95. The first kappa shape index (κ1) is 18.4. The topological polar surface area (TPSA) is 41.1 Å². The lowest BCUT2D eigenvalue weighted by molar-refractivity contribution is 0.986. The van der Waals surface area contributed by atoms with Crippen molar-refractivity contribution in [3.05, 3.63) is 58.5 Å². The van der Waals surface area contributed by atoms with Gasteiger partial charge in [-0.2, -0.15) is 5.26 Å². The van der Waals surface area contributed by atoms with Gasteiger partial charge in [0.1, 0.15) is 5.03 Å². The quantitative estimate of drug-likeness (QED) is 0.432. The number of nitriles is 1. The summed E-state index contributed by atoms with van der Waals surface area (Å²) in [7, 11) is 0. The fraction of sp³-hybridized carbons (Fsp3) is 0.263. The number of rotatable bonds is 7. The van der Waals surface area contributed by atoms with Gasteiger partial charge < -0.3 is 4.40 Å². The van der Waals surface area contributed by atoms with E-state index in [9.17, 15) is 5.26 Å². The van der Waals surface area contributed by atoms with Gasteiger partial charge in [-0.15, -0.1) is 11.8 Å². The fourth-order valence-corrected chi connectivity index (χ4v) is 5.46. The van der Waals surface area contributed by atoms with E-state index in [4.69, 9.17) is 0 Å². The van der Waals surface area contributed by atoms with Crippen molar-refractivity contribution in [1.29, 1.82) is 5.26 Å². The summed E-state index contributed by atoms with van der Waals surface area (Å²) in [5.41, 5.74) is 3.39. The van der Waals surface area contributed by atoms with Crippen molar-refractivity contribution in [2.24, 2.45) is 0 Å². The standard InChI is InChI=1S/C19H18BrN3S2/c1-2-12-24-18-16(20)15(8-9-21)23-11-10-22-19(17(18)23)25-13-14-6-4-3-5-7-14/h3-7,10-11H,2,8,12-13H2,1H3. The van der Waals surface area contributed by atoms with E-state index in [2.05, 4.69) is 62.6 Å². The lowest BCUT2D eigenvalue weighted by Gasteiger charge is -2.07. The molecule has 0 N–H and O–H groups in total. The zero-order valence-electron chi connectivity index (χ0n) is 13.9. The average Bonchev–Trinajstić information content (AvgIpc) is 2.92. The van der Waals surface area contributed by atoms with E-state index >= 15 is 0 Å². The fourth-order valence-electron chi connectivity index (χ4n) is 2.58. The van der Waals surface area contributed by atoms with Crippen LogP contribution < -0.4 is 0 Å². The Labute approximate surface area is 165 Å². The molecular weight excluding hydrogens is 414 g/mol. The Bertz CT molecular complexity index is 900. The van der Waals surface area contributed by atoms with Crippen molar-refractivity contribution < 1.29 is 0 Å². The predicted octanol–water partition coefficient (Wildman–Crippen LogP) is 5.96. The largest absolute Gasteiger partial charge is 0.314 e. The minimum Gasteiger partial charge on any atom is -0.314 e. The van der Waals surface area contributed by atoms with Gasteiger partial charge in [0, 0.05) is 18.1 Å². The molecule has 0 atom stereocenters. The van der Waals surface area contributed by atoms with E-state index in [1.165, 1.54) is 10.5 Å². The van der Waals surface area contributed by atoms with Crippen LogP contribution in [0.25, 0.3) is 5.52 Å². The Morgan fingerprint density at radius 1 is 1.24 bits per heavy atom. The van der Waals surface area contributed by atoms with Gasteiger partial charge in [0.15, 0.2) is 0 Å².